The molecule has 4 rings (SSSR count). The number of nitrogen functional groups attached to an aromatic ring is 1. The van der Waals surface area contributed by atoms with Crippen LogP contribution >= 0.6 is 0 Å². The number of nitrogens with two attached hydrogens (primary N) is 1. The first-order chi connectivity index (χ1) is 18.8. The number of terminal acetylenes is 2. The molecule has 4 N–H and O–H groups in total. The highest BCUT2D eigenvalue weighted by Gasteiger charge is 2.29. The molecule has 0 fully saturated rings. The largest absolute Gasteiger partial charge is 0.479 e. The van der Waals surface area contributed by atoms with Gasteiger partial charge < -0.3 is 25.6 Å². The molecule has 0 unspecified atom stereocenters. The molecule has 1 amide bonds. The van der Waals surface area contributed by atoms with E-state index in [0.717, 1.165) is 0 Å². The summed E-state index contributed by atoms with van der Waals surface area (Å²) in [5, 5.41) is 17.5. The zero-order chi connectivity index (χ0) is 28.2. The summed E-state index contributed by atoms with van der Waals surface area (Å²) in [6.07, 6.45) is 11.8. The first kappa shape index (κ1) is 27.9. The van der Waals surface area contributed by atoms with E-state index in [9.17, 15) is 9.59 Å². The van der Waals surface area contributed by atoms with Crippen LogP contribution < -0.4 is 25.5 Å². The van der Waals surface area contributed by atoms with E-state index >= 15 is 0 Å². The number of benzene rings is 3. The fraction of sp³-hybridized carbons (Fsp3) is 0.100. The van der Waals surface area contributed by atoms with Gasteiger partial charge in [0, 0.05) is 6.20 Å². The van der Waals surface area contributed by atoms with E-state index in [-0.39, 0.29) is 24.7 Å². The van der Waals surface area contributed by atoms with Crippen molar-refractivity contribution in [3.05, 3.63) is 90.1 Å². The highest BCUT2D eigenvalue weighted by Crippen LogP contribution is 2.27. The lowest BCUT2D eigenvalue weighted by Gasteiger charge is -2.12. The fourth-order valence-electron chi connectivity index (χ4n) is 3.32. The molecule has 0 spiro atoms. The van der Waals surface area contributed by atoms with Gasteiger partial charge in [-0.15, -0.1) is 12.8 Å². The van der Waals surface area contributed by atoms with Gasteiger partial charge in [-0.05, 0) is 55.5 Å². The Bertz CT molecular complexity index is 1480. The summed E-state index contributed by atoms with van der Waals surface area (Å²) in [7, 11) is 0. The minimum absolute atomic E-state index is 0.134. The van der Waals surface area contributed by atoms with Gasteiger partial charge in [0.1, 0.15) is 24.7 Å². The number of nitrogens with zero attached hydrogens (tertiary/aromatic N) is 2. The Morgan fingerprint density at radius 3 is 2.21 bits per heavy atom. The van der Waals surface area contributed by atoms with Crippen LogP contribution in [0.25, 0.3) is 0 Å². The molecule has 3 aromatic carbocycles. The van der Waals surface area contributed by atoms with E-state index in [1.54, 1.807) is 37.4 Å². The van der Waals surface area contributed by atoms with E-state index in [4.69, 9.17) is 33.2 Å². The van der Waals surface area contributed by atoms with E-state index in [2.05, 4.69) is 22.3 Å². The summed E-state index contributed by atoms with van der Waals surface area (Å²) >= 11 is 0. The van der Waals surface area contributed by atoms with Crippen molar-refractivity contribution in [3.63, 3.8) is 0 Å². The third-order valence-electron chi connectivity index (χ3n) is 5.22. The van der Waals surface area contributed by atoms with Gasteiger partial charge in [-0.3, -0.25) is 4.79 Å². The molecular weight excluding hydrogens is 496 g/mol. The molecule has 0 aliphatic carbocycles. The van der Waals surface area contributed by atoms with Crippen molar-refractivity contribution in [2.75, 3.05) is 29.3 Å². The molecule has 0 atom stereocenters. The molecule has 1 aliphatic rings. The van der Waals surface area contributed by atoms with Crippen molar-refractivity contribution in [1.82, 2.24) is 0 Å². The van der Waals surface area contributed by atoms with Gasteiger partial charge in [0.25, 0.3) is 5.91 Å². The minimum atomic E-state index is -1.03. The fourth-order valence-corrected chi connectivity index (χ4v) is 3.32. The number of carbonyl (C=O) groups excluding carboxylic acids is 1. The zero-order valence-corrected chi connectivity index (χ0v) is 21.1. The Hall–Kier alpha value is -5.67. The summed E-state index contributed by atoms with van der Waals surface area (Å²) in [5.74, 6) is 4.63. The van der Waals surface area contributed by atoms with Crippen LogP contribution in [-0.4, -0.2) is 35.9 Å². The maximum atomic E-state index is 12.7. The Balaban J connectivity index is 0.000000320. The minimum Gasteiger partial charge on any atom is -0.479 e. The van der Waals surface area contributed by atoms with Gasteiger partial charge in [0.05, 0.1) is 33.9 Å². The van der Waals surface area contributed by atoms with Crippen molar-refractivity contribution in [1.29, 1.82) is 0 Å². The van der Waals surface area contributed by atoms with Gasteiger partial charge in [0.2, 0.25) is 0 Å². The number of anilines is 3. The van der Waals surface area contributed by atoms with Crippen LogP contribution in [0.5, 0.6) is 11.5 Å². The number of hydrogen-bond donors (Lipinski definition) is 3. The number of carbonyl (C=O) groups is 2. The lowest BCUT2D eigenvalue weighted by molar-refractivity contribution is -0.114. The molecule has 0 aromatic heterocycles. The number of amides is 1. The number of para-hydroxylation sites is 4. The molecule has 0 radical (unpaired) electrons. The maximum Gasteiger partial charge on any atom is 0.335 e. The number of aromatic carboxylic acids is 1. The molecule has 196 valence electrons. The van der Waals surface area contributed by atoms with Crippen LogP contribution in [-0.2, 0) is 4.79 Å². The molecule has 9 nitrogen and oxygen atoms in total. The lowest BCUT2D eigenvalue weighted by Crippen LogP contribution is -2.21. The highest BCUT2D eigenvalue weighted by atomic mass is 16.5. The van der Waals surface area contributed by atoms with E-state index < -0.39 is 5.97 Å². The van der Waals surface area contributed by atoms with Gasteiger partial charge in [-0.1, -0.05) is 36.1 Å². The average Bonchev–Trinajstić information content (AvgIpc) is 3.23. The second-order valence-corrected chi connectivity index (χ2v) is 7.88. The summed E-state index contributed by atoms with van der Waals surface area (Å²) in [5.41, 5.74) is 8.37. The van der Waals surface area contributed by atoms with Crippen molar-refractivity contribution >= 4 is 34.7 Å². The van der Waals surface area contributed by atoms with Gasteiger partial charge in [-0.25, -0.2) is 4.79 Å². The SMILES string of the molecule is C#CCOc1ccccc1N.C#CCOc1ccccc1NC=C1C(=O)N(c2ccc(C(=O)O)cc2)N=C1C. The van der Waals surface area contributed by atoms with Gasteiger partial charge >= 0.3 is 5.97 Å². The molecular formula is C30H26N4O5. The predicted octanol–water partition coefficient (Wildman–Crippen LogP) is 4.40. The summed E-state index contributed by atoms with van der Waals surface area (Å²) in [6.45, 7) is 2.11. The van der Waals surface area contributed by atoms with E-state index in [1.165, 1.54) is 29.3 Å². The van der Waals surface area contributed by atoms with Crippen molar-refractivity contribution in [2.24, 2.45) is 5.10 Å². The molecule has 0 bridgehead atoms. The smallest absolute Gasteiger partial charge is 0.335 e. The van der Waals surface area contributed by atoms with Crippen LogP contribution in [0, 0.1) is 24.7 Å². The first-order valence-corrected chi connectivity index (χ1v) is 11.6. The second kappa shape index (κ2) is 13.6. The van der Waals surface area contributed by atoms with Gasteiger partial charge in [-0.2, -0.15) is 10.1 Å². The van der Waals surface area contributed by atoms with Crippen LogP contribution in [0.2, 0.25) is 0 Å². The average molecular weight is 523 g/mol. The molecule has 1 heterocycles. The predicted molar refractivity (Wildman–Crippen MR) is 152 cm³/mol. The summed E-state index contributed by atoms with van der Waals surface area (Å²) < 4.78 is 10.6. The van der Waals surface area contributed by atoms with Crippen molar-refractivity contribution < 1.29 is 24.2 Å². The van der Waals surface area contributed by atoms with Crippen molar-refractivity contribution in [2.45, 2.75) is 6.92 Å². The number of rotatable bonds is 8. The highest BCUT2D eigenvalue weighted by molar-refractivity contribution is 6.29. The number of ether oxygens (including phenoxy) is 2. The van der Waals surface area contributed by atoms with Crippen LogP contribution in [0.1, 0.15) is 17.3 Å². The number of carboxylic acids is 1. The monoisotopic (exact) mass is 522 g/mol. The Morgan fingerprint density at radius 2 is 1.59 bits per heavy atom. The number of carboxylic acid groups (broad SMARTS) is 1. The maximum absolute atomic E-state index is 12.7. The first-order valence-electron chi connectivity index (χ1n) is 11.6. The Kier molecular flexibility index (Phi) is 9.72. The molecule has 3 aromatic rings. The number of hydrogen-bond acceptors (Lipinski definition) is 7. The molecule has 9 heteroatoms. The standard InChI is InChI=1S/C21H17N3O4.C9H9NO/c1-3-12-28-19-7-5-4-6-18(19)22-13-17-14(2)23-24(20(17)25)16-10-8-15(9-11-16)21(26)27;1-2-7-11-9-6-4-3-5-8(9)10/h1,4-11,13,22H,12H2,2H3,(H,26,27);1,3-6H,7,10H2. The molecule has 1 aliphatic heterocycles. The van der Waals surface area contributed by atoms with Crippen LogP contribution in [0.15, 0.2) is 89.7 Å². The second-order valence-electron chi connectivity index (χ2n) is 7.88. The molecule has 0 saturated carbocycles. The zero-order valence-electron chi connectivity index (χ0n) is 21.1. The van der Waals surface area contributed by atoms with Gasteiger partial charge in [0.15, 0.2) is 0 Å². The Labute approximate surface area is 226 Å². The molecule has 0 saturated heterocycles. The normalized spacial score (nSPS) is 12.9. The summed E-state index contributed by atoms with van der Waals surface area (Å²) in [4.78, 5) is 23.7. The van der Waals surface area contributed by atoms with Crippen molar-refractivity contribution in [3.8, 4) is 36.2 Å². The third kappa shape index (κ3) is 7.42. The number of hydrazone groups is 1. The lowest BCUT2D eigenvalue weighted by atomic mass is 10.1. The third-order valence-corrected chi connectivity index (χ3v) is 5.22. The Morgan fingerprint density at radius 1 is 1.00 bits per heavy atom. The molecule has 39 heavy (non-hydrogen) atoms. The quantitative estimate of drug-likeness (QED) is 0.227. The van der Waals surface area contributed by atoms with E-state index in [1.807, 2.05) is 24.3 Å². The summed E-state index contributed by atoms with van der Waals surface area (Å²) in [6, 6.07) is 20.4. The topological polar surface area (TPSA) is 126 Å². The number of nitrogens with one attached hydrogen (secondary N) is 1. The van der Waals surface area contributed by atoms with E-state index in [0.29, 0.717) is 39.8 Å². The van der Waals surface area contributed by atoms with Crippen LogP contribution in [0.3, 0.4) is 0 Å². The van der Waals surface area contributed by atoms with Crippen LogP contribution in [0.4, 0.5) is 17.1 Å².